The van der Waals surface area contributed by atoms with Crippen LogP contribution in [0.25, 0.3) is 11.1 Å². The van der Waals surface area contributed by atoms with Crippen LogP contribution >= 0.6 is 15.9 Å². The van der Waals surface area contributed by atoms with Gasteiger partial charge in [-0.2, -0.15) is 0 Å². The van der Waals surface area contributed by atoms with Gasteiger partial charge in [-0.05, 0) is 43.2 Å². The second kappa shape index (κ2) is 7.23. The zero-order valence-corrected chi connectivity index (χ0v) is 15.9. The van der Waals surface area contributed by atoms with Crippen molar-refractivity contribution in [3.63, 3.8) is 0 Å². The summed E-state index contributed by atoms with van der Waals surface area (Å²) in [5, 5.41) is 0. The fourth-order valence-electron chi connectivity index (χ4n) is 3.26. The van der Waals surface area contributed by atoms with Crippen LogP contribution in [0.4, 0.5) is 0 Å². The molecule has 1 aromatic carbocycles. The Hall–Kier alpha value is -2.40. The van der Waals surface area contributed by atoms with Crippen LogP contribution in [0.1, 0.15) is 34.4 Å². The highest BCUT2D eigenvalue weighted by molar-refractivity contribution is 9.10. The molecule has 0 aliphatic heterocycles. The second-order valence-electron chi connectivity index (χ2n) is 5.91. The molecule has 0 fully saturated rings. The molecule has 3 rings (SSSR count). The van der Waals surface area contributed by atoms with Crippen molar-refractivity contribution >= 4 is 21.8 Å². The summed E-state index contributed by atoms with van der Waals surface area (Å²) in [4.78, 5) is 16.6. The van der Waals surface area contributed by atoms with E-state index in [2.05, 4.69) is 32.4 Å². The van der Waals surface area contributed by atoms with Crippen LogP contribution in [0.15, 0.2) is 53.1 Å². The maximum atomic E-state index is 12.2. The Morgan fingerprint density at radius 3 is 2.48 bits per heavy atom. The fourth-order valence-corrected chi connectivity index (χ4v) is 3.53. The third-order valence-electron chi connectivity index (χ3n) is 4.39. The minimum atomic E-state index is -0.398. The van der Waals surface area contributed by atoms with Crippen molar-refractivity contribution in [3.8, 4) is 11.1 Å². The summed E-state index contributed by atoms with van der Waals surface area (Å²) in [7, 11) is 0. The Morgan fingerprint density at radius 2 is 1.92 bits per heavy atom. The topological polar surface area (TPSA) is 60.9 Å². The molecule has 1 amide bonds. The quantitative estimate of drug-likeness (QED) is 0.696. The molecule has 0 unspecified atom stereocenters. The predicted molar refractivity (Wildman–Crippen MR) is 104 cm³/mol. The van der Waals surface area contributed by atoms with E-state index >= 15 is 0 Å². The smallest absolute Gasteiger partial charge is 0.251 e. The molecule has 0 bridgehead atoms. The number of halogens is 1. The summed E-state index contributed by atoms with van der Waals surface area (Å²) in [6.07, 6.45) is 2.58. The number of nitrogens with zero attached hydrogens (tertiary/aromatic N) is 2. The van der Waals surface area contributed by atoms with E-state index in [1.54, 1.807) is 6.20 Å². The Bertz CT molecular complexity index is 899. The number of hydrogen-bond donors (Lipinski definition) is 1. The third kappa shape index (κ3) is 3.37. The number of pyridine rings is 1. The molecule has 0 saturated carbocycles. The van der Waals surface area contributed by atoms with Gasteiger partial charge in [0.15, 0.2) is 0 Å². The number of aromatic nitrogens is 2. The number of amides is 1. The SMILES string of the molecule is CCc1c(-c2ccc(Br)cc2)c(C(N)=O)c(C)n1Cc1ccccn1. The Morgan fingerprint density at radius 1 is 1.20 bits per heavy atom. The van der Waals surface area contributed by atoms with Crippen molar-refractivity contribution in [1.82, 2.24) is 9.55 Å². The number of rotatable bonds is 5. The summed E-state index contributed by atoms with van der Waals surface area (Å²) in [6.45, 7) is 4.66. The van der Waals surface area contributed by atoms with Crippen molar-refractivity contribution in [3.05, 3.63) is 75.8 Å². The summed E-state index contributed by atoms with van der Waals surface area (Å²) < 4.78 is 3.15. The minimum Gasteiger partial charge on any atom is -0.366 e. The monoisotopic (exact) mass is 397 g/mol. The molecular formula is C20H20BrN3O. The first-order valence-electron chi connectivity index (χ1n) is 8.20. The van der Waals surface area contributed by atoms with E-state index in [9.17, 15) is 4.79 Å². The van der Waals surface area contributed by atoms with E-state index in [1.165, 1.54) is 0 Å². The van der Waals surface area contributed by atoms with Crippen molar-refractivity contribution in [2.24, 2.45) is 5.73 Å². The van der Waals surface area contributed by atoms with Crippen LogP contribution in [0.5, 0.6) is 0 Å². The molecule has 0 aliphatic carbocycles. The highest BCUT2D eigenvalue weighted by atomic mass is 79.9. The molecule has 0 aliphatic rings. The lowest BCUT2D eigenvalue weighted by atomic mass is 9.99. The first-order valence-corrected chi connectivity index (χ1v) is 8.99. The Labute approximate surface area is 155 Å². The van der Waals surface area contributed by atoms with Crippen LogP contribution < -0.4 is 5.73 Å². The number of nitrogens with two attached hydrogens (primary N) is 1. The maximum Gasteiger partial charge on any atom is 0.251 e. The lowest BCUT2D eigenvalue weighted by molar-refractivity contribution is 0.1000. The van der Waals surface area contributed by atoms with E-state index < -0.39 is 5.91 Å². The Balaban J connectivity index is 2.21. The molecule has 0 saturated heterocycles. The highest BCUT2D eigenvalue weighted by Crippen LogP contribution is 2.34. The van der Waals surface area contributed by atoms with Crippen molar-refractivity contribution in [1.29, 1.82) is 0 Å². The van der Waals surface area contributed by atoms with Gasteiger partial charge in [-0.25, -0.2) is 0 Å². The van der Waals surface area contributed by atoms with Gasteiger partial charge in [-0.3, -0.25) is 9.78 Å². The van der Waals surface area contributed by atoms with E-state index in [4.69, 9.17) is 5.73 Å². The van der Waals surface area contributed by atoms with E-state index in [0.717, 1.165) is 39.1 Å². The largest absolute Gasteiger partial charge is 0.366 e. The minimum absolute atomic E-state index is 0.398. The van der Waals surface area contributed by atoms with Gasteiger partial charge in [0.1, 0.15) is 0 Å². The van der Waals surface area contributed by atoms with Crippen LogP contribution in [-0.2, 0) is 13.0 Å². The van der Waals surface area contributed by atoms with E-state index in [0.29, 0.717) is 12.1 Å². The van der Waals surface area contributed by atoms with Gasteiger partial charge >= 0.3 is 0 Å². The average Bonchev–Trinajstić information content (AvgIpc) is 2.88. The van der Waals surface area contributed by atoms with Gasteiger partial charge in [0.2, 0.25) is 0 Å². The third-order valence-corrected chi connectivity index (χ3v) is 4.92. The van der Waals surface area contributed by atoms with Crippen molar-refractivity contribution in [2.45, 2.75) is 26.8 Å². The molecule has 2 N–H and O–H groups in total. The zero-order valence-electron chi connectivity index (χ0n) is 14.3. The molecule has 2 aromatic heterocycles. The summed E-state index contributed by atoms with van der Waals surface area (Å²) in [5.41, 5.74) is 11.2. The van der Waals surface area contributed by atoms with E-state index in [-0.39, 0.29) is 0 Å². The first-order chi connectivity index (χ1) is 12.0. The van der Waals surface area contributed by atoms with Gasteiger partial charge in [0.25, 0.3) is 5.91 Å². The summed E-state index contributed by atoms with van der Waals surface area (Å²) >= 11 is 3.46. The summed E-state index contributed by atoms with van der Waals surface area (Å²) in [5.74, 6) is -0.398. The van der Waals surface area contributed by atoms with Crippen LogP contribution in [0.3, 0.4) is 0 Å². The molecule has 3 aromatic rings. The molecular weight excluding hydrogens is 378 g/mol. The standard InChI is InChI=1S/C20H20BrN3O/c1-3-17-19(14-7-9-15(21)10-8-14)18(20(22)25)13(2)24(17)12-16-6-4-5-11-23-16/h4-11H,3,12H2,1-2H3,(H2,22,25). The van der Waals surface area contributed by atoms with Gasteiger partial charge in [-0.15, -0.1) is 0 Å². The normalized spacial score (nSPS) is 10.8. The van der Waals surface area contributed by atoms with Gasteiger partial charge in [-0.1, -0.05) is 41.1 Å². The molecule has 25 heavy (non-hydrogen) atoms. The van der Waals surface area contributed by atoms with Gasteiger partial charge in [0.05, 0.1) is 17.8 Å². The number of primary amides is 1. The van der Waals surface area contributed by atoms with Crippen molar-refractivity contribution in [2.75, 3.05) is 0 Å². The maximum absolute atomic E-state index is 12.2. The van der Waals surface area contributed by atoms with Crippen molar-refractivity contribution < 1.29 is 4.79 Å². The summed E-state index contributed by atoms with van der Waals surface area (Å²) in [6, 6.07) is 13.8. The molecule has 128 valence electrons. The molecule has 0 spiro atoms. The molecule has 0 radical (unpaired) electrons. The van der Waals surface area contributed by atoms with Crippen LogP contribution in [0.2, 0.25) is 0 Å². The Kier molecular flexibility index (Phi) is 5.04. The van der Waals surface area contributed by atoms with E-state index in [1.807, 2.05) is 49.4 Å². The van der Waals surface area contributed by atoms with Crippen LogP contribution in [0, 0.1) is 6.92 Å². The predicted octanol–water partition coefficient (Wildman–Crippen LogP) is 4.33. The zero-order chi connectivity index (χ0) is 18.0. The molecule has 5 heteroatoms. The number of carbonyl (C=O) groups excluding carboxylic acids is 1. The van der Waals surface area contributed by atoms with Crippen LogP contribution in [-0.4, -0.2) is 15.5 Å². The average molecular weight is 398 g/mol. The fraction of sp³-hybridized carbons (Fsp3) is 0.200. The molecule has 0 atom stereocenters. The second-order valence-corrected chi connectivity index (χ2v) is 6.83. The lowest BCUT2D eigenvalue weighted by Crippen LogP contribution is -2.13. The molecule has 2 heterocycles. The number of carbonyl (C=O) groups is 1. The highest BCUT2D eigenvalue weighted by Gasteiger charge is 2.24. The first kappa shape index (κ1) is 17.4. The van der Waals surface area contributed by atoms with Gasteiger partial charge < -0.3 is 10.3 Å². The number of hydrogen-bond acceptors (Lipinski definition) is 2. The molecule has 4 nitrogen and oxygen atoms in total. The number of benzene rings is 1. The van der Waals surface area contributed by atoms with Gasteiger partial charge in [0, 0.05) is 27.6 Å². The lowest BCUT2D eigenvalue weighted by Gasteiger charge is -2.11.